The molecule has 0 saturated carbocycles. The number of aromatic nitrogens is 1. The van der Waals surface area contributed by atoms with Crippen LogP contribution in [0, 0.1) is 0 Å². The van der Waals surface area contributed by atoms with Crippen LogP contribution in [0.1, 0.15) is 54.6 Å². The maximum atomic E-state index is 13.4. The van der Waals surface area contributed by atoms with E-state index in [-0.39, 0.29) is 46.9 Å². The predicted molar refractivity (Wildman–Crippen MR) is 173 cm³/mol. The normalized spacial score (nSPS) is 18.5. The number of esters is 4. The van der Waals surface area contributed by atoms with E-state index in [2.05, 4.69) is 15.9 Å². The van der Waals surface area contributed by atoms with Gasteiger partial charge in [-0.15, -0.1) is 17.0 Å². The molecule has 0 spiro atoms. The summed E-state index contributed by atoms with van der Waals surface area (Å²) >= 11 is 3.42. The maximum Gasteiger partial charge on any atom is 0.344 e. The molecule has 10 nitrogen and oxygen atoms in total. The molecule has 1 aliphatic heterocycles. The van der Waals surface area contributed by atoms with Crippen LogP contribution in [0.15, 0.2) is 114 Å². The third kappa shape index (κ3) is 8.45. The molecule has 1 aliphatic rings. The molecule has 0 radical (unpaired) electrons. The molecular weight excluding hydrogens is 726 g/mol. The molecule has 1 saturated heterocycles. The zero-order valence-electron chi connectivity index (χ0n) is 24.5. The fourth-order valence-electron chi connectivity index (χ4n) is 4.73. The molecule has 0 N–H and O–H groups in total. The van der Waals surface area contributed by atoms with Crippen molar-refractivity contribution >= 4 is 56.8 Å². The quantitative estimate of drug-likeness (QED) is 0.114. The Morgan fingerprint density at radius 1 is 0.674 bits per heavy atom. The van der Waals surface area contributed by atoms with Crippen molar-refractivity contribution in [3.05, 3.63) is 136 Å². The first-order valence-electron chi connectivity index (χ1n) is 14.1. The summed E-state index contributed by atoms with van der Waals surface area (Å²) in [4.78, 5) is 52.2. The Balaban J connectivity index is 0.00000480. The van der Waals surface area contributed by atoms with Gasteiger partial charge in [-0.25, -0.2) is 19.2 Å². The first kappa shape index (κ1) is 34.5. The van der Waals surface area contributed by atoms with Gasteiger partial charge in [0.2, 0.25) is 6.10 Å². The lowest BCUT2D eigenvalue weighted by molar-refractivity contribution is -0.765. The molecule has 4 unspecified atom stereocenters. The summed E-state index contributed by atoms with van der Waals surface area (Å²) < 4.78 is 31.0. The predicted octanol–water partition coefficient (Wildman–Crippen LogP) is 5.70. The van der Waals surface area contributed by atoms with Crippen LogP contribution in [0.2, 0.25) is 0 Å². The average Bonchev–Trinajstić information content (AvgIpc) is 3.40. The SMILES string of the molecule is Br.CCOC(=O)c1cc(Br)c[n+](C2OC(COC(=O)c3ccccc3)C(OC(=O)c3ccccc3)C2OC(=O)c2ccccc2)c1. The van der Waals surface area contributed by atoms with Crippen LogP contribution in [0.5, 0.6) is 0 Å². The number of hydrogen-bond donors (Lipinski definition) is 0. The number of halogens is 2. The minimum absolute atomic E-state index is 0. The molecule has 5 rings (SSSR count). The van der Waals surface area contributed by atoms with E-state index in [0.29, 0.717) is 10.0 Å². The highest BCUT2D eigenvalue weighted by Crippen LogP contribution is 2.33. The highest BCUT2D eigenvalue weighted by Gasteiger charge is 2.55. The van der Waals surface area contributed by atoms with E-state index in [1.165, 1.54) is 10.8 Å². The Morgan fingerprint density at radius 3 is 1.67 bits per heavy atom. The summed E-state index contributed by atoms with van der Waals surface area (Å²) in [6.07, 6.45) is -1.55. The Kier molecular flexibility index (Phi) is 12.2. The smallest absolute Gasteiger partial charge is 0.344 e. The molecule has 1 aromatic heterocycles. The minimum atomic E-state index is -1.24. The van der Waals surface area contributed by atoms with Crippen LogP contribution in [-0.4, -0.2) is 55.4 Å². The molecule has 2 heterocycles. The zero-order valence-corrected chi connectivity index (χ0v) is 27.8. The number of hydrogen-bond acceptors (Lipinski definition) is 9. The molecule has 4 aromatic rings. The van der Waals surface area contributed by atoms with E-state index in [4.69, 9.17) is 23.7 Å². The zero-order chi connectivity index (χ0) is 31.8. The van der Waals surface area contributed by atoms with Gasteiger partial charge in [0.1, 0.15) is 18.3 Å². The van der Waals surface area contributed by atoms with Crippen molar-refractivity contribution < 1.29 is 47.4 Å². The third-order valence-corrected chi connectivity index (χ3v) is 7.27. The summed E-state index contributed by atoms with van der Waals surface area (Å²) in [6.45, 7) is 1.51. The standard InChI is InChI=1S/C34H29BrNO9.BrH/c1-2-41-32(38)25-18-26(35)20-36(19-25)30-29(45-34(40)24-16-10-5-11-17-24)28(44-33(39)23-14-8-4-9-15-23)27(43-30)21-42-31(37)22-12-6-3-7-13-22;/h3-20,27-30H,2,21H2,1H3;1H/q+1;. The van der Waals surface area contributed by atoms with Gasteiger partial charge >= 0.3 is 30.1 Å². The molecular formula is C34H30Br2NO9+. The second-order valence-corrected chi connectivity index (χ2v) is 10.8. The lowest BCUT2D eigenvalue weighted by atomic mass is 10.1. The van der Waals surface area contributed by atoms with E-state index in [1.807, 2.05) is 0 Å². The van der Waals surface area contributed by atoms with E-state index < -0.39 is 48.4 Å². The van der Waals surface area contributed by atoms with Gasteiger partial charge in [-0.2, -0.15) is 4.57 Å². The summed E-state index contributed by atoms with van der Waals surface area (Å²) in [5.41, 5.74) is 1.03. The Morgan fingerprint density at radius 2 is 1.15 bits per heavy atom. The summed E-state index contributed by atoms with van der Waals surface area (Å²) in [5.74, 6) is -2.59. The van der Waals surface area contributed by atoms with Gasteiger partial charge in [0.05, 0.1) is 27.8 Å². The van der Waals surface area contributed by atoms with Gasteiger partial charge in [0.15, 0.2) is 18.5 Å². The molecule has 12 heteroatoms. The summed E-state index contributed by atoms with van der Waals surface area (Å²) in [6, 6.07) is 26.5. The van der Waals surface area contributed by atoms with Crippen LogP contribution in [-0.2, 0) is 23.7 Å². The molecule has 4 atom stereocenters. The highest BCUT2D eigenvalue weighted by atomic mass is 79.9. The van der Waals surface area contributed by atoms with E-state index in [9.17, 15) is 19.2 Å². The molecule has 238 valence electrons. The van der Waals surface area contributed by atoms with Crippen LogP contribution >= 0.6 is 32.9 Å². The Labute approximate surface area is 284 Å². The van der Waals surface area contributed by atoms with Crippen molar-refractivity contribution in [2.75, 3.05) is 13.2 Å². The lowest BCUT2D eigenvalue weighted by Gasteiger charge is -2.23. The monoisotopic (exact) mass is 754 g/mol. The van der Waals surface area contributed by atoms with E-state index in [1.54, 1.807) is 110 Å². The first-order chi connectivity index (χ1) is 21.8. The Bertz CT molecular complexity index is 1660. The topological polar surface area (TPSA) is 118 Å². The summed E-state index contributed by atoms with van der Waals surface area (Å²) in [5, 5.41) is 0. The van der Waals surface area contributed by atoms with Crippen molar-refractivity contribution in [3.8, 4) is 0 Å². The number of ether oxygens (including phenoxy) is 5. The van der Waals surface area contributed by atoms with Gasteiger partial charge in [-0.1, -0.05) is 54.6 Å². The third-order valence-electron chi connectivity index (χ3n) is 6.84. The molecule has 46 heavy (non-hydrogen) atoms. The van der Waals surface area contributed by atoms with E-state index >= 15 is 0 Å². The van der Waals surface area contributed by atoms with Crippen LogP contribution in [0.25, 0.3) is 0 Å². The van der Waals surface area contributed by atoms with E-state index in [0.717, 1.165) is 0 Å². The van der Waals surface area contributed by atoms with Crippen LogP contribution < -0.4 is 4.57 Å². The number of carbonyl (C=O) groups is 4. The van der Waals surface area contributed by atoms with Gasteiger partial charge in [-0.3, -0.25) is 0 Å². The largest absolute Gasteiger partial charge is 0.462 e. The van der Waals surface area contributed by atoms with Gasteiger partial charge < -0.3 is 23.7 Å². The van der Waals surface area contributed by atoms with Crippen molar-refractivity contribution in [1.82, 2.24) is 0 Å². The van der Waals surface area contributed by atoms with Crippen molar-refractivity contribution in [2.45, 2.75) is 31.5 Å². The second kappa shape index (κ2) is 16.3. The van der Waals surface area contributed by atoms with Crippen LogP contribution in [0.4, 0.5) is 0 Å². The maximum absolute atomic E-state index is 13.4. The van der Waals surface area contributed by atoms with Crippen LogP contribution in [0.3, 0.4) is 0 Å². The molecule has 0 bridgehead atoms. The van der Waals surface area contributed by atoms with Gasteiger partial charge in [0, 0.05) is 0 Å². The number of benzene rings is 3. The lowest BCUT2D eigenvalue weighted by Crippen LogP contribution is -2.49. The average molecular weight is 756 g/mol. The molecule has 0 amide bonds. The second-order valence-electron chi connectivity index (χ2n) is 9.91. The highest BCUT2D eigenvalue weighted by molar-refractivity contribution is 9.10. The van der Waals surface area contributed by atoms with Crippen molar-refractivity contribution in [3.63, 3.8) is 0 Å². The van der Waals surface area contributed by atoms with Gasteiger partial charge in [-0.05, 0) is 65.3 Å². The number of carbonyl (C=O) groups excluding carboxylic acids is 4. The summed E-state index contributed by atoms with van der Waals surface area (Å²) in [7, 11) is 0. The fourth-order valence-corrected chi connectivity index (χ4v) is 5.22. The molecule has 0 aliphatic carbocycles. The van der Waals surface area contributed by atoms with Gasteiger partial charge in [0.25, 0.3) is 0 Å². The number of pyridine rings is 1. The number of nitrogens with zero attached hydrogens (tertiary/aromatic N) is 1. The van der Waals surface area contributed by atoms with Crippen molar-refractivity contribution in [2.24, 2.45) is 0 Å². The number of rotatable bonds is 10. The molecule has 1 fully saturated rings. The van der Waals surface area contributed by atoms with Crippen molar-refractivity contribution in [1.29, 1.82) is 0 Å². The minimum Gasteiger partial charge on any atom is -0.462 e. The Hall–Kier alpha value is -4.39. The molecule has 3 aromatic carbocycles. The fraction of sp³-hybridized carbons (Fsp3) is 0.206. The first-order valence-corrected chi connectivity index (χ1v) is 14.9.